The van der Waals surface area contributed by atoms with E-state index in [-0.39, 0.29) is 5.82 Å². The lowest BCUT2D eigenvalue weighted by Gasteiger charge is -2.06. The minimum Gasteiger partial charge on any atom is -0.398 e. The van der Waals surface area contributed by atoms with Crippen molar-refractivity contribution in [3.63, 3.8) is 0 Å². The molecule has 0 aliphatic heterocycles. The number of aryl methyl sites for hydroxylation is 1. The molecule has 0 aliphatic carbocycles. The molecule has 1 aromatic carbocycles. The Labute approximate surface area is 103 Å². The van der Waals surface area contributed by atoms with E-state index in [1.165, 1.54) is 12.1 Å². The molecule has 0 saturated carbocycles. The predicted octanol–water partition coefficient (Wildman–Crippen LogP) is 2.36. The Morgan fingerprint density at radius 1 is 1.22 bits per heavy atom. The van der Waals surface area contributed by atoms with Crippen LogP contribution in [0.25, 0.3) is 22.3 Å². The van der Waals surface area contributed by atoms with Gasteiger partial charge in [-0.25, -0.2) is 9.37 Å². The number of fused-ring (bicyclic) bond motifs is 1. The number of pyridine rings is 1. The van der Waals surface area contributed by atoms with Crippen LogP contribution in [0.4, 0.5) is 10.1 Å². The lowest BCUT2D eigenvalue weighted by molar-refractivity contribution is 0.629. The fraction of sp³-hybridized carbons (Fsp3) is 0.0769. The van der Waals surface area contributed by atoms with Crippen LogP contribution in [0.2, 0.25) is 0 Å². The first-order valence-electron chi connectivity index (χ1n) is 5.49. The molecule has 2 aromatic heterocycles. The summed E-state index contributed by atoms with van der Waals surface area (Å²) in [5.41, 5.74) is 8.62. The summed E-state index contributed by atoms with van der Waals surface area (Å²) in [6, 6.07) is 8.01. The van der Waals surface area contributed by atoms with Gasteiger partial charge in [0.1, 0.15) is 5.82 Å². The van der Waals surface area contributed by atoms with Crippen molar-refractivity contribution in [2.45, 2.75) is 0 Å². The molecule has 2 N–H and O–H groups in total. The van der Waals surface area contributed by atoms with E-state index >= 15 is 0 Å². The van der Waals surface area contributed by atoms with Crippen LogP contribution in [0.15, 0.2) is 36.5 Å². The van der Waals surface area contributed by atoms with Gasteiger partial charge in [-0.05, 0) is 24.3 Å². The molecule has 18 heavy (non-hydrogen) atoms. The third-order valence-electron chi connectivity index (χ3n) is 2.89. The fourth-order valence-corrected chi connectivity index (χ4v) is 1.98. The largest absolute Gasteiger partial charge is 0.398 e. The van der Waals surface area contributed by atoms with Crippen molar-refractivity contribution in [1.29, 1.82) is 0 Å². The van der Waals surface area contributed by atoms with Gasteiger partial charge in [-0.3, -0.25) is 4.68 Å². The van der Waals surface area contributed by atoms with E-state index in [9.17, 15) is 4.39 Å². The SMILES string of the molecule is Cn1nccc1-c1cc(N)c2ccc(F)cc2n1. The maximum absolute atomic E-state index is 13.2. The molecule has 5 heteroatoms. The highest BCUT2D eigenvalue weighted by Gasteiger charge is 2.08. The van der Waals surface area contributed by atoms with Crippen LogP contribution in [-0.2, 0) is 7.05 Å². The first-order valence-corrected chi connectivity index (χ1v) is 5.49. The van der Waals surface area contributed by atoms with Gasteiger partial charge in [0.2, 0.25) is 0 Å². The fourth-order valence-electron chi connectivity index (χ4n) is 1.98. The molecule has 0 aliphatic rings. The van der Waals surface area contributed by atoms with Crippen molar-refractivity contribution >= 4 is 16.6 Å². The van der Waals surface area contributed by atoms with Crippen LogP contribution in [0.1, 0.15) is 0 Å². The molecular formula is C13H11FN4. The normalized spacial score (nSPS) is 11.0. The van der Waals surface area contributed by atoms with Crippen molar-refractivity contribution in [3.8, 4) is 11.4 Å². The molecule has 0 unspecified atom stereocenters. The van der Waals surface area contributed by atoms with Crippen LogP contribution in [0.5, 0.6) is 0 Å². The standard InChI is InChI=1S/C13H11FN4/c1-18-13(4-5-16-18)12-7-10(15)9-3-2-8(14)6-11(9)17-12/h2-7H,1H3,(H2,15,17). The monoisotopic (exact) mass is 242 g/mol. The second-order valence-electron chi connectivity index (χ2n) is 4.10. The van der Waals surface area contributed by atoms with Crippen LogP contribution in [0, 0.1) is 5.82 Å². The Hall–Kier alpha value is -2.43. The smallest absolute Gasteiger partial charge is 0.125 e. The Morgan fingerprint density at radius 2 is 2.06 bits per heavy atom. The molecule has 3 rings (SSSR count). The molecule has 2 heterocycles. The molecule has 0 bridgehead atoms. The third kappa shape index (κ3) is 1.60. The molecule has 0 atom stereocenters. The van der Waals surface area contributed by atoms with Crippen LogP contribution in [0.3, 0.4) is 0 Å². The predicted molar refractivity (Wildman–Crippen MR) is 68.3 cm³/mol. The van der Waals surface area contributed by atoms with Crippen LogP contribution >= 0.6 is 0 Å². The number of nitrogen functional groups attached to an aromatic ring is 1. The number of anilines is 1. The van der Waals surface area contributed by atoms with Crippen molar-refractivity contribution in [1.82, 2.24) is 14.8 Å². The summed E-state index contributed by atoms with van der Waals surface area (Å²) in [5.74, 6) is -0.323. The molecule has 4 nitrogen and oxygen atoms in total. The first-order chi connectivity index (χ1) is 8.65. The van der Waals surface area contributed by atoms with E-state index < -0.39 is 0 Å². The Balaban J connectivity index is 2.30. The maximum Gasteiger partial charge on any atom is 0.125 e. The van der Waals surface area contributed by atoms with E-state index in [0.717, 1.165) is 11.1 Å². The average molecular weight is 242 g/mol. The molecule has 0 saturated heterocycles. The summed E-state index contributed by atoms with van der Waals surface area (Å²) >= 11 is 0. The number of hydrogen-bond donors (Lipinski definition) is 1. The number of halogens is 1. The Kier molecular flexibility index (Phi) is 2.26. The molecular weight excluding hydrogens is 231 g/mol. The summed E-state index contributed by atoms with van der Waals surface area (Å²) in [7, 11) is 1.82. The van der Waals surface area contributed by atoms with Crippen molar-refractivity contribution in [2.24, 2.45) is 7.05 Å². The van der Waals surface area contributed by atoms with Gasteiger partial charge in [0, 0.05) is 30.4 Å². The van der Waals surface area contributed by atoms with Gasteiger partial charge in [-0.1, -0.05) is 0 Å². The minimum absolute atomic E-state index is 0.323. The lowest BCUT2D eigenvalue weighted by Crippen LogP contribution is -1.98. The molecule has 3 aromatic rings. The van der Waals surface area contributed by atoms with E-state index in [0.29, 0.717) is 16.9 Å². The van der Waals surface area contributed by atoms with E-state index in [4.69, 9.17) is 5.73 Å². The first kappa shape index (κ1) is 10.7. The number of rotatable bonds is 1. The third-order valence-corrected chi connectivity index (χ3v) is 2.89. The van der Waals surface area contributed by atoms with Crippen LogP contribution < -0.4 is 5.73 Å². The topological polar surface area (TPSA) is 56.7 Å². The number of benzene rings is 1. The highest BCUT2D eigenvalue weighted by molar-refractivity contribution is 5.92. The number of aromatic nitrogens is 3. The van der Waals surface area contributed by atoms with Gasteiger partial charge in [0.15, 0.2) is 0 Å². The average Bonchev–Trinajstić information content (AvgIpc) is 2.74. The number of nitrogens with two attached hydrogens (primary N) is 1. The molecule has 0 fully saturated rings. The van der Waals surface area contributed by atoms with Gasteiger partial charge >= 0.3 is 0 Å². The summed E-state index contributed by atoms with van der Waals surface area (Å²) in [6.07, 6.45) is 1.68. The minimum atomic E-state index is -0.323. The highest BCUT2D eigenvalue weighted by atomic mass is 19.1. The van der Waals surface area contributed by atoms with Gasteiger partial charge in [-0.2, -0.15) is 5.10 Å². The van der Waals surface area contributed by atoms with Gasteiger partial charge < -0.3 is 5.73 Å². The Morgan fingerprint density at radius 3 is 2.78 bits per heavy atom. The second kappa shape index (κ2) is 3.80. The lowest BCUT2D eigenvalue weighted by atomic mass is 10.1. The highest BCUT2D eigenvalue weighted by Crippen LogP contribution is 2.26. The zero-order chi connectivity index (χ0) is 12.7. The maximum atomic E-state index is 13.2. The second-order valence-corrected chi connectivity index (χ2v) is 4.10. The van der Waals surface area contributed by atoms with Gasteiger partial charge in [0.25, 0.3) is 0 Å². The zero-order valence-corrected chi connectivity index (χ0v) is 9.76. The van der Waals surface area contributed by atoms with Gasteiger partial charge in [0.05, 0.1) is 16.9 Å². The number of hydrogen-bond acceptors (Lipinski definition) is 3. The zero-order valence-electron chi connectivity index (χ0n) is 9.76. The van der Waals surface area contributed by atoms with Crippen molar-refractivity contribution in [3.05, 3.63) is 42.3 Å². The van der Waals surface area contributed by atoms with E-state index in [1.807, 2.05) is 13.1 Å². The van der Waals surface area contributed by atoms with Crippen molar-refractivity contribution in [2.75, 3.05) is 5.73 Å². The number of nitrogens with zero attached hydrogens (tertiary/aromatic N) is 3. The molecule has 0 amide bonds. The summed E-state index contributed by atoms with van der Waals surface area (Å²) < 4.78 is 14.9. The molecule has 0 radical (unpaired) electrons. The Bertz CT molecular complexity index is 733. The molecule has 90 valence electrons. The van der Waals surface area contributed by atoms with Gasteiger partial charge in [-0.15, -0.1) is 0 Å². The summed E-state index contributed by atoms with van der Waals surface area (Å²) in [6.45, 7) is 0. The summed E-state index contributed by atoms with van der Waals surface area (Å²) in [4.78, 5) is 4.42. The van der Waals surface area contributed by atoms with Crippen molar-refractivity contribution < 1.29 is 4.39 Å². The summed E-state index contributed by atoms with van der Waals surface area (Å²) in [5, 5.41) is 4.83. The quantitative estimate of drug-likeness (QED) is 0.712. The molecule has 0 spiro atoms. The van der Waals surface area contributed by atoms with E-state index in [1.54, 1.807) is 23.0 Å². The van der Waals surface area contributed by atoms with E-state index in [2.05, 4.69) is 10.1 Å². The van der Waals surface area contributed by atoms with Crippen LogP contribution in [-0.4, -0.2) is 14.8 Å².